The Morgan fingerprint density at radius 3 is 2.70 bits per heavy atom. The van der Waals surface area contributed by atoms with Crippen LogP contribution in [0.25, 0.3) is 0 Å². The fourth-order valence-corrected chi connectivity index (χ4v) is 2.53. The van der Waals surface area contributed by atoms with Gasteiger partial charge in [0.05, 0.1) is 6.61 Å². The lowest BCUT2D eigenvalue weighted by atomic mass is 10.1. The third-order valence-electron chi connectivity index (χ3n) is 3.54. The van der Waals surface area contributed by atoms with Gasteiger partial charge in [0.2, 0.25) is 11.9 Å². The van der Waals surface area contributed by atoms with Gasteiger partial charge in [-0.2, -0.15) is 9.97 Å². The Bertz CT molecular complexity index is 578. The van der Waals surface area contributed by atoms with Crippen LogP contribution in [0, 0.1) is 0 Å². The molecule has 0 aliphatic carbocycles. The van der Waals surface area contributed by atoms with Gasteiger partial charge in [-0.05, 0) is 0 Å². The molecule has 0 bridgehead atoms. The minimum Gasteiger partial charge on any atom is -0.394 e. The van der Waals surface area contributed by atoms with E-state index in [0.717, 1.165) is 0 Å². The molecule has 0 unspecified atom stereocenters. The first-order valence-corrected chi connectivity index (χ1v) is 6.16. The zero-order chi connectivity index (χ0) is 14.4. The smallest absolute Gasteiger partial charge is 0.353 e. The lowest BCUT2D eigenvalue weighted by Gasteiger charge is -2.26. The standard InChI is InChI=1S/C10H15N5O5/c11-8-12-9-14(1-2-15(9)10(19)13-8)7-6(18)5(17)4(3-16)20-7/h4-7,16-18H,1-3H2,(H2,11,13,19)/t4-,5-,6-,7-/m1/s1. The molecule has 0 aromatic carbocycles. The second kappa shape index (κ2) is 4.66. The molecular formula is C10H15N5O5. The Hall–Kier alpha value is -1.75. The van der Waals surface area contributed by atoms with Crippen LogP contribution < -0.4 is 16.3 Å². The van der Waals surface area contributed by atoms with E-state index in [-0.39, 0.29) is 11.9 Å². The molecule has 3 rings (SSSR count). The van der Waals surface area contributed by atoms with E-state index >= 15 is 0 Å². The number of nitrogens with two attached hydrogens (primary N) is 1. The number of aliphatic hydroxyl groups is 3. The summed E-state index contributed by atoms with van der Waals surface area (Å²) in [4.78, 5) is 20.7. The number of rotatable bonds is 2. The van der Waals surface area contributed by atoms with Gasteiger partial charge in [-0.15, -0.1) is 0 Å². The molecule has 2 aliphatic heterocycles. The van der Waals surface area contributed by atoms with Crippen molar-refractivity contribution >= 4 is 11.9 Å². The first kappa shape index (κ1) is 13.2. The van der Waals surface area contributed by atoms with E-state index in [0.29, 0.717) is 13.1 Å². The minimum absolute atomic E-state index is 0.167. The van der Waals surface area contributed by atoms with Crippen molar-refractivity contribution in [1.82, 2.24) is 14.5 Å². The molecule has 1 aromatic heterocycles. The normalized spacial score (nSPS) is 32.6. The molecule has 0 radical (unpaired) electrons. The molecule has 0 spiro atoms. The number of nitrogen functional groups attached to an aromatic ring is 1. The highest BCUT2D eigenvalue weighted by molar-refractivity contribution is 5.39. The summed E-state index contributed by atoms with van der Waals surface area (Å²) in [6, 6.07) is 0. The average Bonchev–Trinajstić information content (AvgIpc) is 2.93. The highest BCUT2D eigenvalue weighted by atomic mass is 16.6. The average molecular weight is 285 g/mol. The van der Waals surface area contributed by atoms with E-state index < -0.39 is 36.8 Å². The van der Waals surface area contributed by atoms with Gasteiger partial charge >= 0.3 is 5.69 Å². The summed E-state index contributed by atoms with van der Waals surface area (Å²) >= 11 is 0. The molecule has 0 saturated carbocycles. The van der Waals surface area contributed by atoms with Crippen LogP contribution >= 0.6 is 0 Å². The van der Waals surface area contributed by atoms with Crippen molar-refractivity contribution < 1.29 is 20.1 Å². The third kappa shape index (κ3) is 1.85. The van der Waals surface area contributed by atoms with Crippen LogP contribution in [0.4, 0.5) is 11.9 Å². The Morgan fingerprint density at radius 2 is 2.05 bits per heavy atom. The van der Waals surface area contributed by atoms with E-state index in [2.05, 4.69) is 9.97 Å². The fraction of sp³-hybridized carbons (Fsp3) is 0.700. The number of aliphatic hydroxyl groups excluding tert-OH is 3. The number of ether oxygens (including phenoxy) is 1. The van der Waals surface area contributed by atoms with E-state index in [9.17, 15) is 15.0 Å². The van der Waals surface area contributed by atoms with E-state index in [1.165, 1.54) is 9.47 Å². The molecule has 2 aliphatic rings. The lowest BCUT2D eigenvalue weighted by Crippen LogP contribution is -2.44. The summed E-state index contributed by atoms with van der Waals surface area (Å²) < 4.78 is 6.73. The molecule has 10 heteroatoms. The summed E-state index contributed by atoms with van der Waals surface area (Å²) in [7, 11) is 0. The van der Waals surface area contributed by atoms with Crippen LogP contribution in [-0.4, -0.2) is 67.5 Å². The van der Waals surface area contributed by atoms with Gasteiger partial charge in [-0.1, -0.05) is 0 Å². The van der Waals surface area contributed by atoms with Crippen molar-refractivity contribution in [2.75, 3.05) is 23.8 Å². The monoisotopic (exact) mass is 285 g/mol. The van der Waals surface area contributed by atoms with Crippen LogP contribution in [0.15, 0.2) is 4.79 Å². The summed E-state index contributed by atoms with van der Waals surface area (Å²) in [6.07, 6.45) is -4.20. The van der Waals surface area contributed by atoms with Gasteiger partial charge in [0, 0.05) is 13.1 Å². The van der Waals surface area contributed by atoms with Crippen molar-refractivity contribution in [2.24, 2.45) is 0 Å². The van der Waals surface area contributed by atoms with Crippen LogP contribution in [0.2, 0.25) is 0 Å². The molecular weight excluding hydrogens is 270 g/mol. The van der Waals surface area contributed by atoms with Gasteiger partial charge in [0.25, 0.3) is 0 Å². The van der Waals surface area contributed by atoms with Crippen LogP contribution in [-0.2, 0) is 11.3 Å². The molecule has 3 heterocycles. The topological polar surface area (TPSA) is 147 Å². The van der Waals surface area contributed by atoms with Crippen LogP contribution in [0.3, 0.4) is 0 Å². The number of hydrogen-bond donors (Lipinski definition) is 4. The quantitative estimate of drug-likeness (QED) is 0.434. The molecule has 20 heavy (non-hydrogen) atoms. The zero-order valence-corrected chi connectivity index (χ0v) is 10.5. The van der Waals surface area contributed by atoms with Gasteiger partial charge in [0.15, 0.2) is 6.23 Å². The van der Waals surface area contributed by atoms with E-state index in [4.69, 9.17) is 15.6 Å². The van der Waals surface area contributed by atoms with Gasteiger partial charge in [-0.25, -0.2) is 4.79 Å². The number of aromatic nitrogens is 3. The highest BCUT2D eigenvalue weighted by Gasteiger charge is 2.47. The Morgan fingerprint density at radius 1 is 1.30 bits per heavy atom. The van der Waals surface area contributed by atoms with Crippen molar-refractivity contribution in [3.8, 4) is 0 Å². The summed E-state index contributed by atoms with van der Waals surface area (Å²) in [5.41, 5.74) is 4.93. The second-order valence-corrected chi connectivity index (χ2v) is 4.74. The second-order valence-electron chi connectivity index (χ2n) is 4.74. The Kier molecular flexibility index (Phi) is 3.09. The maximum atomic E-state index is 11.7. The summed E-state index contributed by atoms with van der Waals surface area (Å²) in [5.74, 6) is 0.0669. The predicted molar refractivity (Wildman–Crippen MR) is 65.8 cm³/mol. The fourth-order valence-electron chi connectivity index (χ4n) is 2.53. The molecule has 10 nitrogen and oxygen atoms in total. The van der Waals surface area contributed by atoms with Crippen molar-refractivity contribution in [3.63, 3.8) is 0 Å². The number of nitrogens with zero attached hydrogens (tertiary/aromatic N) is 4. The van der Waals surface area contributed by atoms with E-state index in [1.807, 2.05) is 0 Å². The first-order chi connectivity index (χ1) is 9.52. The van der Waals surface area contributed by atoms with Crippen LogP contribution in [0.1, 0.15) is 0 Å². The molecule has 110 valence electrons. The highest BCUT2D eigenvalue weighted by Crippen LogP contribution is 2.29. The van der Waals surface area contributed by atoms with Gasteiger partial charge in [0.1, 0.15) is 18.3 Å². The summed E-state index contributed by atoms with van der Waals surface area (Å²) in [5, 5.41) is 28.8. The molecule has 1 saturated heterocycles. The first-order valence-electron chi connectivity index (χ1n) is 6.16. The Balaban J connectivity index is 1.94. The molecule has 1 aromatic rings. The van der Waals surface area contributed by atoms with Crippen molar-refractivity contribution in [3.05, 3.63) is 10.5 Å². The predicted octanol–water partition coefficient (Wildman–Crippen LogP) is -3.52. The Labute approximate surface area is 113 Å². The zero-order valence-electron chi connectivity index (χ0n) is 10.5. The summed E-state index contributed by atoms with van der Waals surface area (Å²) in [6.45, 7) is 0.280. The van der Waals surface area contributed by atoms with Crippen molar-refractivity contribution in [1.29, 1.82) is 0 Å². The molecule has 1 fully saturated rings. The number of anilines is 2. The third-order valence-corrected chi connectivity index (χ3v) is 3.54. The molecule has 5 N–H and O–H groups in total. The van der Waals surface area contributed by atoms with Crippen LogP contribution in [0.5, 0.6) is 0 Å². The SMILES string of the molecule is Nc1nc2n(c(=O)n1)CCN2[C@@H]1O[C@H](CO)[C@@H](O)[C@H]1O. The maximum absolute atomic E-state index is 11.7. The number of hydrogen-bond acceptors (Lipinski definition) is 9. The van der Waals surface area contributed by atoms with Gasteiger partial charge in [-0.3, -0.25) is 4.57 Å². The van der Waals surface area contributed by atoms with E-state index in [1.54, 1.807) is 0 Å². The van der Waals surface area contributed by atoms with Crippen molar-refractivity contribution in [2.45, 2.75) is 31.1 Å². The minimum atomic E-state index is -1.22. The largest absolute Gasteiger partial charge is 0.394 e. The number of fused-ring (bicyclic) bond motifs is 1. The lowest BCUT2D eigenvalue weighted by molar-refractivity contribution is -0.0221. The van der Waals surface area contributed by atoms with Gasteiger partial charge < -0.3 is 30.7 Å². The molecule has 4 atom stereocenters. The molecule has 0 amide bonds. The maximum Gasteiger partial charge on any atom is 0.353 e.